The normalized spacial score (nSPS) is 30.2. The molecule has 2 fully saturated rings. The van der Waals surface area contributed by atoms with Crippen molar-refractivity contribution in [3.8, 4) is 24.3 Å². The molecule has 0 spiro atoms. The largest absolute Gasteiger partial charge is 0.459 e. The maximum Gasteiger partial charge on any atom is 0.333 e. The Morgan fingerprint density at radius 1 is 1.10 bits per heavy atom. The molecule has 0 heterocycles. The third-order valence-corrected chi connectivity index (χ3v) is 4.61. The average Bonchev–Trinajstić information content (AvgIpc) is 3.00. The molecule has 104 valence electrons. The highest BCUT2D eigenvalue weighted by Gasteiger charge is 2.74. The molecule has 3 atom stereocenters. The summed E-state index contributed by atoms with van der Waals surface area (Å²) in [6.45, 7) is 4.99. The van der Waals surface area contributed by atoms with Gasteiger partial charge in [-0.05, 0) is 25.7 Å². The lowest BCUT2D eigenvalue weighted by atomic mass is 9.58. The van der Waals surface area contributed by atoms with E-state index in [1.807, 2.05) is 24.3 Å². The van der Waals surface area contributed by atoms with Crippen LogP contribution in [-0.4, -0.2) is 12.1 Å². The average molecular weight is 280 g/mol. The highest BCUT2D eigenvalue weighted by molar-refractivity contribution is 5.87. The van der Waals surface area contributed by atoms with Crippen molar-refractivity contribution in [2.24, 2.45) is 22.7 Å². The minimum absolute atomic E-state index is 0.226. The molecule has 21 heavy (non-hydrogen) atoms. The first kappa shape index (κ1) is 14.6. The van der Waals surface area contributed by atoms with Gasteiger partial charge in [0, 0.05) is 11.5 Å². The number of fused-ring (bicyclic) bond motifs is 2. The van der Waals surface area contributed by atoms with Gasteiger partial charge in [0.05, 0.1) is 24.3 Å². The number of ether oxygens (including phenoxy) is 1. The van der Waals surface area contributed by atoms with Crippen LogP contribution in [0.1, 0.15) is 19.8 Å². The van der Waals surface area contributed by atoms with E-state index < -0.39 is 34.7 Å². The molecule has 2 saturated carbocycles. The fourth-order valence-electron chi connectivity index (χ4n) is 3.54. The Morgan fingerprint density at radius 3 is 2.05 bits per heavy atom. The van der Waals surface area contributed by atoms with Gasteiger partial charge in [0.25, 0.3) is 0 Å². The summed E-state index contributed by atoms with van der Waals surface area (Å²) in [6.07, 6.45) is 0.0417. The lowest BCUT2D eigenvalue weighted by Crippen LogP contribution is -2.49. The highest BCUT2D eigenvalue weighted by Crippen LogP contribution is 2.66. The summed E-state index contributed by atoms with van der Waals surface area (Å²) in [4.78, 5) is 11.6. The van der Waals surface area contributed by atoms with Crippen LogP contribution in [0.25, 0.3) is 0 Å². The van der Waals surface area contributed by atoms with Gasteiger partial charge in [-0.15, -0.1) is 0 Å². The Kier molecular flexibility index (Phi) is 3.21. The summed E-state index contributed by atoms with van der Waals surface area (Å²) < 4.78 is 5.29. The maximum absolute atomic E-state index is 11.6. The first-order valence-corrected chi connectivity index (χ1v) is 6.44. The molecule has 2 aliphatic carbocycles. The van der Waals surface area contributed by atoms with E-state index in [2.05, 4.69) is 6.58 Å². The molecule has 0 aromatic heterocycles. The van der Waals surface area contributed by atoms with Gasteiger partial charge in [-0.25, -0.2) is 4.79 Å². The van der Waals surface area contributed by atoms with E-state index in [4.69, 9.17) is 4.74 Å². The molecule has 0 aliphatic heterocycles. The summed E-state index contributed by atoms with van der Waals surface area (Å²) >= 11 is 0. The van der Waals surface area contributed by atoms with Crippen molar-refractivity contribution in [1.29, 1.82) is 21.0 Å². The van der Waals surface area contributed by atoms with Gasteiger partial charge in [0.1, 0.15) is 6.10 Å². The Morgan fingerprint density at radius 2 is 1.62 bits per heavy atom. The quantitative estimate of drug-likeness (QED) is 0.559. The molecule has 0 amide bonds. The summed E-state index contributed by atoms with van der Waals surface area (Å²) in [7, 11) is 0. The number of esters is 1. The number of hydrogen-bond acceptors (Lipinski definition) is 6. The van der Waals surface area contributed by atoms with Crippen LogP contribution in [0.2, 0.25) is 0 Å². The molecule has 0 aromatic carbocycles. The van der Waals surface area contributed by atoms with Crippen LogP contribution in [0.15, 0.2) is 12.2 Å². The van der Waals surface area contributed by atoms with E-state index in [-0.39, 0.29) is 5.57 Å². The predicted molar refractivity (Wildman–Crippen MR) is 68.2 cm³/mol. The SMILES string of the molecule is C=C(C)C(=O)OC1CC2CC1C(C#N)(C#N)C2(C#N)C#N. The number of rotatable bonds is 2. The third-order valence-electron chi connectivity index (χ3n) is 4.61. The van der Waals surface area contributed by atoms with Gasteiger partial charge in [0.2, 0.25) is 0 Å². The van der Waals surface area contributed by atoms with Crippen LogP contribution in [-0.2, 0) is 9.53 Å². The molecule has 0 radical (unpaired) electrons. The van der Waals surface area contributed by atoms with Gasteiger partial charge in [-0.2, -0.15) is 21.0 Å². The third kappa shape index (κ3) is 1.57. The molecule has 0 N–H and O–H groups in total. The fraction of sp³-hybridized carbons (Fsp3) is 0.533. The lowest BCUT2D eigenvalue weighted by molar-refractivity contribution is -0.149. The zero-order valence-electron chi connectivity index (χ0n) is 11.5. The Hall–Kier alpha value is -2.83. The smallest absolute Gasteiger partial charge is 0.333 e. The molecule has 2 bridgehead atoms. The van der Waals surface area contributed by atoms with Crippen molar-refractivity contribution in [1.82, 2.24) is 0 Å². The van der Waals surface area contributed by atoms with E-state index in [0.29, 0.717) is 12.8 Å². The van der Waals surface area contributed by atoms with Gasteiger partial charge in [-0.1, -0.05) is 6.58 Å². The summed E-state index contributed by atoms with van der Waals surface area (Å²) in [5, 5.41) is 37.7. The number of carbonyl (C=O) groups excluding carboxylic acids is 1. The zero-order valence-corrected chi connectivity index (χ0v) is 11.5. The van der Waals surface area contributed by atoms with Crippen LogP contribution in [0.4, 0.5) is 0 Å². The van der Waals surface area contributed by atoms with Crippen molar-refractivity contribution >= 4 is 5.97 Å². The molecule has 3 unspecified atom stereocenters. The Balaban J connectivity index is 2.43. The highest BCUT2D eigenvalue weighted by atomic mass is 16.5. The van der Waals surface area contributed by atoms with Crippen molar-refractivity contribution in [3.05, 3.63) is 12.2 Å². The monoisotopic (exact) mass is 280 g/mol. The second-order valence-corrected chi connectivity index (χ2v) is 5.56. The van der Waals surface area contributed by atoms with E-state index in [9.17, 15) is 25.8 Å². The first-order valence-electron chi connectivity index (χ1n) is 6.44. The molecule has 6 heteroatoms. The topological polar surface area (TPSA) is 121 Å². The second-order valence-electron chi connectivity index (χ2n) is 5.56. The first-order chi connectivity index (χ1) is 9.92. The summed E-state index contributed by atoms with van der Waals surface area (Å²) in [5.74, 6) is -1.66. The Bertz CT molecular complexity index is 654. The molecule has 0 aromatic rings. The van der Waals surface area contributed by atoms with E-state index in [1.165, 1.54) is 6.92 Å². The van der Waals surface area contributed by atoms with E-state index in [1.54, 1.807) is 0 Å². The van der Waals surface area contributed by atoms with Crippen LogP contribution in [0.5, 0.6) is 0 Å². The van der Waals surface area contributed by atoms with Crippen molar-refractivity contribution in [2.45, 2.75) is 25.9 Å². The summed E-state index contributed by atoms with van der Waals surface area (Å²) in [5.41, 5.74) is -3.20. The van der Waals surface area contributed by atoms with Crippen LogP contribution in [0.3, 0.4) is 0 Å². The van der Waals surface area contributed by atoms with Gasteiger partial charge >= 0.3 is 5.97 Å². The second kappa shape index (κ2) is 4.62. The maximum atomic E-state index is 11.6. The van der Waals surface area contributed by atoms with E-state index >= 15 is 0 Å². The van der Waals surface area contributed by atoms with Crippen LogP contribution >= 0.6 is 0 Å². The van der Waals surface area contributed by atoms with Gasteiger partial charge < -0.3 is 4.74 Å². The van der Waals surface area contributed by atoms with Crippen molar-refractivity contribution in [3.63, 3.8) is 0 Å². The van der Waals surface area contributed by atoms with Crippen LogP contribution < -0.4 is 0 Å². The van der Waals surface area contributed by atoms with Crippen LogP contribution in [0, 0.1) is 68.0 Å². The standard InChI is InChI=1S/C15H12N4O2/c1-9(2)13(20)21-12-4-10-3-11(12)15(7-18,8-19)14(10,5-16)6-17/h10-12H,1,3-4H2,2H3. The molecule has 2 rings (SSSR count). The molecule has 2 aliphatic rings. The summed E-state index contributed by atoms with van der Waals surface area (Å²) in [6, 6.07) is 7.50. The minimum atomic E-state index is -1.76. The number of nitriles is 4. The molecular weight excluding hydrogens is 268 g/mol. The van der Waals surface area contributed by atoms with Crippen molar-refractivity contribution < 1.29 is 9.53 Å². The zero-order chi connectivity index (χ0) is 15.8. The number of hydrogen-bond donors (Lipinski definition) is 0. The number of nitrogens with zero attached hydrogens (tertiary/aromatic N) is 4. The predicted octanol–water partition coefficient (Wildman–Crippen LogP) is 1.58. The lowest BCUT2D eigenvalue weighted by Gasteiger charge is -2.38. The van der Waals surface area contributed by atoms with Crippen molar-refractivity contribution in [2.75, 3.05) is 0 Å². The molecule has 0 saturated heterocycles. The molecule has 6 nitrogen and oxygen atoms in total. The fourth-order valence-corrected chi connectivity index (χ4v) is 3.54. The molecular formula is C15H12N4O2. The number of carbonyl (C=O) groups is 1. The Labute approximate surface area is 122 Å². The van der Waals surface area contributed by atoms with E-state index in [0.717, 1.165) is 0 Å². The van der Waals surface area contributed by atoms with Gasteiger partial charge in [0.15, 0.2) is 10.8 Å². The van der Waals surface area contributed by atoms with Gasteiger partial charge in [-0.3, -0.25) is 0 Å². The minimum Gasteiger partial charge on any atom is -0.459 e.